The normalized spacial score (nSPS) is 11.1. The lowest BCUT2D eigenvalue weighted by atomic mass is 10.1. The summed E-state index contributed by atoms with van der Waals surface area (Å²) in [4.78, 5) is 26.4. The Labute approximate surface area is 170 Å². The van der Waals surface area contributed by atoms with Gasteiger partial charge in [0.2, 0.25) is 5.91 Å². The summed E-state index contributed by atoms with van der Waals surface area (Å²) in [6.07, 6.45) is 2.59. The molecule has 0 unspecified atom stereocenters. The molecule has 0 aliphatic heterocycles. The number of benzene rings is 2. The van der Waals surface area contributed by atoms with E-state index in [1.165, 1.54) is 18.2 Å². The number of hydrogen-bond donors (Lipinski definition) is 2. The second kappa shape index (κ2) is 8.37. The number of amides is 1. The SMILES string of the molecule is CCOc1ccc(NC(=O)/C=C/c2c(C(=O)[O-])[nH]c3cc(Cl)cc(Cl)c23)cc1. The highest BCUT2D eigenvalue weighted by Crippen LogP contribution is 2.33. The van der Waals surface area contributed by atoms with Crippen LogP contribution in [-0.2, 0) is 4.79 Å². The molecule has 1 aromatic heterocycles. The zero-order chi connectivity index (χ0) is 20.3. The third kappa shape index (κ3) is 4.30. The van der Waals surface area contributed by atoms with Crippen molar-refractivity contribution in [2.45, 2.75) is 6.92 Å². The van der Waals surface area contributed by atoms with Crippen LogP contribution in [0.15, 0.2) is 42.5 Å². The number of hydrogen-bond acceptors (Lipinski definition) is 4. The summed E-state index contributed by atoms with van der Waals surface area (Å²) in [6.45, 7) is 2.43. The Morgan fingerprint density at radius 1 is 1.21 bits per heavy atom. The van der Waals surface area contributed by atoms with Crippen molar-refractivity contribution in [1.82, 2.24) is 4.98 Å². The molecule has 28 heavy (non-hydrogen) atoms. The van der Waals surface area contributed by atoms with Crippen LogP contribution in [-0.4, -0.2) is 23.5 Å². The molecule has 6 nitrogen and oxygen atoms in total. The van der Waals surface area contributed by atoms with E-state index in [0.29, 0.717) is 34.0 Å². The largest absolute Gasteiger partial charge is 0.543 e. The lowest BCUT2D eigenvalue weighted by Crippen LogP contribution is -2.23. The van der Waals surface area contributed by atoms with Gasteiger partial charge in [-0.05, 0) is 49.4 Å². The first-order valence-electron chi connectivity index (χ1n) is 8.33. The van der Waals surface area contributed by atoms with Gasteiger partial charge in [-0.1, -0.05) is 23.2 Å². The Bertz CT molecular complexity index is 1070. The van der Waals surface area contributed by atoms with Gasteiger partial charge < -0.3 is 24.9 Å². The maximum Gasteiger partial charge on any atom is 0.248 e. The predicted molar refractivity (Wildman–Crippen MR) is 108 cm³/mol. The van der Waals surface area contributed by atoms with E-state index >= 15 is 0 Å². The molecule has 0 saturated heterocycles. The minimum atomic E-state index is -1.42. The number of halogens is 2. The number of aromatic amines is 1. The van der Waals surface area contributed by atoms with Crippen molar-refractivity contribution in [3.05, 3.63) is 63.8 Å². The van der Waals surface area contributed by atoms with Gasteiger partial charge in [0.25, 0.3) is 0 Å². The lowest BCUT2D eigenvalue weighted by Gasteiger charge is -2.05. The number of carboxylic acid groups (broad SMARTS) is 1. The van der Waals surface area contributed by atoms with Crippen LogP contribution in [0.3, 0.4) is 0 Å². The van der Waals surface area contributed by atoms with Crippen LogP contribution in [0.2, 0.25) is 10.0 Å². The van der Waals surface area contributed by atoms with E-state index in [2.05, 4.69) is 10.3 Å². The first-order chi connectivity index (χ1) is 13.4. The van der Waals surface area contributed by atoms with Crippen LogP contribution >= 0.6 is 23.2 Å². The van der Waals surface area contributed by atoms with Gasteiger partial charge in [-0.2, -0.15) is 0 Å². The highest BCUT2D eigenvalue weighted by atomic mass is 35.5. The van der Waals surface area contributed by atoms with Gasteiger partial charge >= 0.3 is 0 Å². The van der Waals surface area contributed by atoms with Gasteiger partial charge in [0.15, 0.2) is 0 Å². The van der Waals surface area contributed by atoms with Gasteiger partial charge in [0.05, 0.1) is 23.3 Å². The summed E-state index contributed by atoms with van der Waals surface area (Å²) >= 11 is 12.2. The fraction of sp³-hybridized carbons (Fsp3) is 0.100. The molecule has 0 spiro atoms. The van der Waals surface area contributed by atoms with E-state index in [1.54, 1.807) is 30.3 Å². The molecule has 0 fully saturated rings. The van der Waals surface area contributed by atoms with Gasteiger partial charge in [0, 0.05) is 33.3 Å². The number of carbonyl (C=O) groups is 2. The molecule has 3 aromatic rings. The first kappa shape index (κ1) is 19.8. The number of aromatic nitrogens is 1. The lowest BCUT2D eigenvalue weighted by molar-refractivity contribution is -0.255. The summed E-state index contributed by atoms with van der Waals surface area (Å²) in [5, 5.41) is 15.2. The molecule has 0 saturated carbocycles. The van der Waals surface area contributed by atoms with Crippen LogP contribution in [0.4, 0.5) is 5.69 Å². The average Bonchev–Trinajstić information content (AvgIpc) is 3.01. The van der Waals surface area contributed by atoms with E-state index in [9.17, 15) is 14.7 Å². The number of nitrogens with one attached hydrogen (secondary N) is 2. The van der Waals surface area contributed by atoms with E-state index in [4.69, 9.17) is 27.9 Å². The molecule has 8 heteroatoms. The van der Waals surface area contributed by atoms with Crippen molar-refractivity contribution in [3.8, 4) is 5.75 Å². The molecular formula is C20H15Cl2N2O4-. The average molecular weight is 418 g/mol. The molecule has 1 heterocycles. The standard InChI is InChI=1S/C20H16Cl2N2O4/c1-2-28-13-5-3-12(4-6-13)23-17(25)8-7-14-18-15(22)9-11(21)10-16(18)24-19(14)20(26)27/h3-10,24H,2H2,1H3,(H,23,25)(H,26,27)/p-1/b8-7+. The minimum Gasteiger partial charge on any atom is -0.543 e. The van der Waals surface area contributed by atoms with E-state index < -0.39 is 11.9 Å². The van der Waals surface area contributed by atoms with Crippen molar-refractivity contribution < 1.29 is 19.4 Å². The van der Waals surface area contributed by atoms with Crippen molar-refractivity contribution in [3.63, 3.8) is 0 Å². The maximum atomic E-state index is 12.2. The van der Waals surface area contributed by atoms with Gasteiger partial charge in [-0.25, -0.2) is 0 Å². The van der Waals surface area contributed by atoms with Crippen LogP contribution in [0.25, 0.3) is 17.0 Å². The number of ether oxygens (including phenoxy) is 1. The van der Waals surface area contributed by atoms with Crippen LogP contribution in [0.1, 0.15) is 23.0 Å². The number of aromatic carboxylic acids is 1. The van der Waals surface area contributed by atoms with Crippen LogP contribution < -0.4 is 15.2 Å². The monoisotopic (exact) mass is 417 g/mol. The van der Waals surface area contributed by atoms with Gasteiger partial charge in [0.1, 0.15) is 5.75 Å². The third-order valence-electron chi connectivity index (χ3n) is 3.89. The first-order valence-corrected chi connectivity index (χ1v) is 9.08. The van der Waals surface area contributed by atoms with E-state index in [1.807, 2.05) is 6.92 Å². The molecule has 2 aromatic carbocycles. The van der Waals surface area contributed by atoms with Gasteiger partial charge in [-0.15, -0.1) is 0 Å². The third-order valence-corrected chi connectivity index (χ3v) is 4.41. The highest BCUT2D eigenvalue weighted by molar-refractivity contribution is 6.39. The summed E-state index contributed by atoms with van der Waals surface area (Å²) in [5.41, 5.74) is 1.05. The molecule has 0 radical (unpaired) electrons. The predicted octanol–water partition coefficient (Wildman–Crippen LogP) is 3.89. The zero-order valence-electron chi connectivity index (χ0n) is 14.7. The molecule has 0 aliphatic carbocycles. The van der Waals surface area contributed by atoms with Crippen molar-refractivity contribution in [2.24, 2.45) is 0 Å². The number of anilines is 1. The fourth-order valence-electron chi connectivity index (χ4n) is 2.74. The smallest absolute Gasteiger partial charge is 0.248 e. The van der Waals surface area contributed by atoms with Crippen LogP contribution in [0.5, 0.6) is 5.75 Å². The summed E-state index contributed by atoms with van der Waals surface area (Å²) in [7, 11) is 0. The van der Waals surface area contributed by atoms with Crippen molar-refractivity contribution in [2.75, 3.05) is 11.9 Å². The van der Waals surface area contributed by atoms with E-state index in [0.717, 1.165) is 0 Å². The Kier molecular flexibility index (Phi) is 5.92. The number of rotatable bonds is 6. The molecule has 0 atom stereocenters. The summed E-state index contributed by atoms with van der Waals surface area (Å²) < 4.78 is 5.34. The molecule has 1 amide bonds. The second-order valence-electron chi connectivity index (χ2n) is 5.79. The Balaban J connectivity index is 1.86. The number of carboxylic acids is 1. The molecule has 2 N–H and O–H groups in total. The molecule has 0 aliphatic rings. The molecule has 3 rings (SSSR count). The number of fused-ring (bicyclic) bond motifs is 1. The van der Waals surface area contributed by atoms with Gasteiger partial charge in [-0.3, -0.25) is 4.79 Å². The topological polar surface area (TPSA) is 94.2 Å². The summed E-state index contributed by atoms with van der Waals surface area (Å²) in [6, 6.07) is 9.92. The van der Waals surface area contributed by atoms with E-state index in [-0.39, 0.29) is 16.3 Å². The zero-order valence-corrected chi connectivity index (χ0v) is 16.2. The Hall–Kier alpha value is -2.96. The highest BCUT2D eigenvalue weighted by Gasteiger charge is 2.14. The quantitative estimate of drug-likeness (QED) is 0.594. The number of H-pyrrole nitrogens is 1. The molecule has 144 valence electrons. The van der Waals surface area contributed by atoms with Crippen molar-refractivity contribution in [1.29, 1.82) is 0 Å². The maximum absolute atomic E-state index is 12.2. The Morgan fingerprint density at radius 3 is 2.57 bits per heavy atom. The fourth-order valence-corrected chi connectivity index (χ4v) is 3.34. The minimum absolute atomic E-state index is 0.190. The number of carbonyl (C=O) groups excluding carboxylic acids is 2. The molecular weight excluding hydrogens is 403 g/mol. The summed E-state index contributed by atoms with van der Waals surface area (Å²) in [5.74, 6) is -1.16. The van der Waals surface area contributed by atoms with Crippen molar-refractivity contribution >= 4 is 57.7 Å². The van der Waals surface area contributed by atoms with Crippen LogP contribution in [0, 0.1) is 0 Å². The second-order valence-corrected chi connectivity index (χ2v) is 6.63. The molecule has 0 bridgehead atoms. The Morgan fingerprint density at radius 2 is 1.93 bits per heavy atom.